The van der Waals surface area contributed by atoms with Crippen LogP contribution in [-0.4, -0.2) is 11.6 Å². The van der Waals surface area contributed by atoms with Crippen LogP contribution in [0.2, 0.25) is 0 Å². The number of Topliss-reactive ketones (excluding diaryl/α,β-unsaturated/α-hetero) is 2. The summed E-state index contributed by atoms with van der Waals surface area (Å²) in [5, 5.41) is 0. The third-order valence-corrected chi connectivity index (χ3v) is 20.8. The van der Waals surface area contributed by atoms with Crippen LogP contribution < -0.4 is 0 Å². The maximum absolute atomic E-state index is 17.7. The van der Waals surface area contributed by atoms with Gasteiger partial charge in [0.15, 0.2) is 11.6 Å². The maximum atomic E-state index is 17.7. The number of fused-ring (bicyclic) bond motifs is 30. The van der Waals surface area contributed by atoms with E-state index in [1.165, 1.54) is 111 Å². The van der Waals surface area contributed by atoms with Crippen LogP contribution in [-0.2, 0) is 32.5 Å². The molecule has 17 rings (SSSR count). The summed E-state index contributed by atoms with van der Waals surface area (Å²) in [6.45, 7) is 23.3. The summed E-state index contributed by atoms with van der Waals surface area (Å²) in [5.74, 6) is 0.421. The molecule has 7 aliphatic carbocycles. The van der Waals surface area contributed by atoms with Crippen molar-refractivity contribution >= 4 is 11.6 Å². The fourth-order valence-corrected chi connectivity index (χ4v) is 17.4. The van der Waals surface area contributed by atoms with Crippen molar-refractivity contribution in [1.29, 1.82) is 0 Å². The Bertz CT molecular complexity index is 4520. The molecule has 0 saturated heterocycles. The summed E-state index contributed by atoms with van der Waals surface area (Å²) in [4.78, 5) is 30.2. The van der Waals surface area contributed by atoms with Gasteiger partial charge in [-0.15, -0.1) is 0 Å². The van der Waals surface area contributed by atoms with E-state index in [0.29, 0.717) is 0 Å². The minimum atomic E-state index is -1.12. The molecule has 80 heavy (non-hydrogen) atoms. The van der Waals surface area contributed by atoms with Gasteiger partial charge in [-0.2, -0.15) is 0 Å². The third kappa shape index (κ3) is 5.33. The molecular formula is C78H62O2. The molecule has 0 N–H and O–H groups in total. The predicted molar refractivity (Wildman–Crippen MR) is 327 cm³/mol. The van der Waals surface area contributed by atoms with Crippen molar-refractivity contribution in [3.63, 3.8) is 0 Å². The molecule has 1 atom stereocenters. The first-order chi connectivity index (χ1) is 38.4. The highest BCUT2D eigenvalue weighted by Crippen LogP contribution is 2.72. The molecule has 2 heteroatoms. The standard InChI is InChI=1S/C62H48O.C16H14O/c1-58(2)39-27-15-9-21-33(39)45-51-46(53-47(52(45)58)34-22-10-16-28-40(34)59(53,3)4)37-25-13-19-31-43(37)62(57(51)63)44-32-20-14-26-38(44)50-55-48(35-23-11-17-29-41(35)60(55,5)6)54-49(56(50)62)36-24-12-18-30-42(36)61(54,7)8;1-16(2)14-10-6-5-8-12(14)11-7-3-4-9-13(11)15(16)17/h9-32H,1-8H3;3-10H,1-2H3. The van der Waals surface area contributed by atoms with Gasteiger partial charge >= 0.3 is 0 Å². The van der Waals surface area contributed by atoms with E-state index >= 15 is 4.79 Å². The summed E-state index contributed by atoms with van der Waals surface area (Å²) in [6.07, 6.45) is 0. The first-order valence-corrected chi connectivity index (χ1v) is 28.8. The van der Waals surface area contributed by atoms with Crippen LogP contribution in [0.5, 0.6) is 0 Å². The summed E-state index contributed by atoms with van der Waals surface area (Å²) in [7, 11) is 0. The molecule has 0 aromatic heterocycles. The van der Waals surface area contributed by atoms with Crippen LogP contribution in [0.1, 0.15) is 157 Å². The molecule has 0 saturated carbocycles. The van der Waals surface area contributed by atoms with Gasteiger partial charge in [0, 0.05) is 32.8 Å². The average Bonchev–Trinajstić information content (AvgIpc) is 3.86. The number of hydrogen-bond donors (Lipinski definition) is 0. The molecule has 1 spiro atoms. The van der Waals surface area contributed by atoms with Crippen molar-refractivity contribution < 1.29 is 9.59 Å². The lowest BCUT2D eigenvalue weighted by atomic mass is 9.57. The fraction of sp³-hybridized carbons (Fsp3) is 0.205. The number of ketones is 2. The molecule has 0 amide bonds. The Labute approximate surface area is 470 Å². The molecule has 0 bridgehead atoms. The van der Waals surface area contributed by atoms with Gasteiger partial charge in [0.05, 0.1) is 5.41 Å². The largest absolute Gasteiger partial charge is 0.293 e. The van der Waals surface area contributed by atoms with Gasteiger partial charge in [0.1, 0.15) is 5.41 Å². The van der Waals surface area contributed by atoms with Gasteiger partial charge in [-0.1, -0.05) is 250 Å². The highest BCUT2D eigenvalue weighted by molar-refractivity contribution is 6.27. The fourth-order valence-electron chi connectivity index (χ4n) is 17.4. The zero-order valence-electron chi connectivity index (χ0n) is 47.3. The Balaban J connectivity index is 0.000000267. The Morgan fingerprint density at radius 2 is 0.438 bits per heavy atom. The van der Waals surface area contributed by atoms with Crippen LogP contribution in [0.25, 0.3) is 77.9 Å². The number of rotatable bonds is 0. The minimum absolute atomic E-state index is 0.207. The molecule has 10 aromatic rings. The van der Waals surface area contributed by atoms with E-state index in [-0.39, 0.29) is 33.2 Å². The Hall–Kier alpha value is -8.46. The second kappa shape index (κ2) is 15.3. The van der Waals surface area contributed by atoms with Gasteiger partial charge in [0.25, 0.3) is 0 Å². The van der Waals surface area contributed by atoms with E-state index < -0.39 is 10.8 Å². The van der Waals surface area contributed by atoms with Crippen LogP contribution in [0.4, 0.5) is 0 Å². The Morgan fingerprint density at radius 3 is 0.812 bits per heavy atom. The summed E-state index contributed by atoms with van der Waals surface area (Å²) < 4.78 is 0. The van der Waals surface area contributed by atoms with Crippen molar-refractivity contribution in [2.24, 2.45) is 0 Å². The predicted octanol–water partition coefficient (Wildman–Crippen LogP) is 18.9. The number of carbonyl (C=O) groups is 2. The minimum Gasteiger partial charge on any atom is -0.293 e. The van der Waals surface area contributed by atoms with E-state index in [4.69, 9.17) is 0 Å². The zero-order chi connectivity index (χ0) is 54.9. The molecule has 7 aliphatic rings. The van der Waals surface area contributed by atoms with Crippen molar-refractivity contribution in [3.05, 3.63) is 272 Å². The van der Waals surface area contributed by atoms with Crippen LogP contribution >= 0.6 is 0 Å². The summed E-state index contributed by atoms with van der Waals surface area (Å²) in [5.41, 5.74) is 31.2. The second-order valence-corrected chi connectivity index (χ2v) is 26.4. The first kappa shape index (κ1) is 47.5. The van der Waals surface area contributed by atoms with Crippen LogP contribution in [0.3, 0.4) is 0 Å². The molecule has 0 aliphatic heterocycles. The van der Waals surface area contributed by atoms with E-state index in [2.05, 4.69) is 213 Å². The Morgan fingerprint density at radius 1 is 0.200 bits per heavy atom. The zero-order valence-corrected chi connectivity index (χ0v) is 47.3. The summed E-state index contributed by atoms with van der Waals surface area (Å²) in [6, 6.07) is 70.4. The lowest BCUT2D eigenvalue weighted by Gasteiger charge is -2.42. The first-order valence-electron chi connectivity index (χ1n) is 28.8. The average molecular weight is 1030 g/mol. The van der Waals surface area contributed by atoms with Gasteiger partial charge < -0.3 is 0 Å². The van der Waals surface area contributed by atoms with Gasteiger partial charge in [-0.3, -0.25) is 9.59 Å². The number of hydrogen-bond acceptors (Lipinski definition) is 2. The SMILES string of the molecule is CC1(C)C(=O)c2ccccc2-c2ccccc21.CC1(C)c2ccccc2-c2c3c(c4c(c21)-c1ccccc1C4(C)C)-c1ccccc1C1(C3=O)c2ccccc2-c2c3c(c4c(c21)-c1ccccc1C4(C)C)-c1ccccc1C3(C)C. The van der Waals surface area contributed by atoms with Gasteiger partial charge in [0.2, 0.25) is 0 Å². The number of benzene rings is 10. The van der Waals surface area contributed by atoms with E-state index in [0.717, 1.165) is 44.5 Å². The van der Waals surface area contributed by atoms with Crippen LogP contribution in [0.15, 0.2) is 194 Å². The molecule has 386 valence electrons. The van der Waals surface area contributed by atoms with Crippen LogP contribution in [0, 0.1) is 0 Å². The second-order valence-electron chi connectivity index (χ2n) is 26.4. The molecule has 2 nitrogen and oxygen atoms in total. The van der Waals surface area contributed by atoms with Gasteiger partial charge in [-0.05, 0) is 158 Å². The van der Waals surface area contributed by atoms with E-state index in [1.807, 2.05) is 50.2 Å². The molecule has 1 unspecified atom stereocenters. The molecular weight excluding hydrogens is 969 g/mol. The quantitative estimate of drug-likeness (QED) is 0.152. The van der Waals surface area contributed by atoms with Crippen molar-refractivity contribution in [2.75, 3.05) is 0 Å². The summed E-state index contributed by atoms with van der Waals surface area (Å²) >= 11 is 0. The topological polar surface area (TPSA) is 34.1 Å². The van der Waals surface area contributed by atoms with Crippen molar-refractivity contribution in [2.45, 2.75) is 102 Å². The highest BCUT2D eigenvalue weighted by atomic mass is 16.1. The monoisotopic (exact) mass is 1030 g/mol. The lowest BCUT2D eigenvalue weighted by Crippen LogP contribution is -2.42. The van der Waals surface area contributed by atoms with E-state index in [9.17, 15) is 4.79 Å². The van der Waals surface area contributed by atoms with Gasteiger partial charge in [-0.25, -0.2) is 0 Å². The smallest absolute Gasteiger partial charge is 0.183 e. The normalized spacial score (nSPS) is 19.2. The van der Waals surface area contributed by atoms with Crippen molar-refractivity contribution in [3.8, 4) is 77.9 Å². The van der Waals surface area contributed by atoms with E-state index in [1.54, 1.807) is 0 Å². The Kier molecular flexibility index (Phi) is 9.06. The lowest BCUT2D eigenvalue weighted by molar-refractivity contribution is 0.0905. The molecule has 0 fully saturated rings. The van der Waals surface area contributed by atoms with Crippen molar-refractivity contribution in [1.82, 2.24) is 0 Å². The molecule has 0 heterocycles. The highest BCUT2D eigenvalue weighted by Gasteiger charge is 2.62. The number of carbonyl (C=O) groups excluding carboxylic acids is 2. The maximum Gasteiger partial charge on any atom is 0.183 e. The molecule has 10 aromatic carbocycles. The third-order valence-electron chi connectivity index (χ3n) is 20.8. The molecule has 0 radical (unpaired) electrons.